The Morgan fingerprint density at radius 1 is 1.03 bits per heavy atom. The third-order valence-corrected chi connectivity index (χ3v) is 7.64. The lowest BCUT2D eigenvalue weighted by atomic mass is 10.1. The first-order chi connectivity index (χ1) is 15.0. The van der Waals surface area contributed by atoms with Gasteiger partial charge in [-0.25, -0.2) is 0 Å². The van der Waals surface area contributed by atoms with Crippen molar-refractivity contribution in [1.29, 1.82) is 0 Å². The van der Waals surface area contributed by atoms with Crippen LogP contribution in [0, 0.1) is 0 Å². The molecule has 1 heterocycles. The molecule has 0 spiro atoms. The zero-order valence-corrected chi connectivity index (χ0v) is 17.7. The average molecular weight is 469 g/mol. The summed E-state index contributed by atoms with van der Waals surface area (Å²) in [5.41, 5.74) is -1.26. The van der Waals surface area contributed by atoms with Crippen LogP contribution in [-0.2, 0) is 21.2 Å². The molecule has 2 fully saturated rings. The number of halogens is 3. The highest BCUT2D eigenvalue weighted by Crippen LogP contribution is 2.52. The first-order valence-corrected chi connectivity index (χ1v) is 11.5. The van der Waals surface area contributed by atoms with Gasteiger partial charge in [-0.05, 0) is 30.2 Å². The van der Waals surface area contributed by atoms with Crippen molar-refractivity contribution >= 4 is 21.9 Å². The molecule has 2 aromatic rings. The normalized spacial score (nSPS) is 24.3. The molecule has 2 atom stereocenters. The van der Waals surface area contributed by atoms with E-state index >= 15 is 0 Å². The van der Waals surface area contributed by atoms with Crippen molar-refractivity contribution in [2.45, 2.75) is 24.1 Å². The molecule has 7 nitrogen and oxygen atoms in total. The highest BCUT2D eigenvalue weighted by molar-refractivity contribution is 7.87. The van der Waals surface area contributed by atoms with Crippen molar-refractivity contribution in [2.24, 2.45) is 0 Å². The molecular formula is C21H22F3N3O4S. The quantitative estimate of drug-likeness (QED) is 0.679. The molecule has 2 unspecified atom stereocenters. The Morgan fingerprint density at radius 2 is 1.69 bits per heavy atom. The van der Waals surface area contributed by atoms with Gasteiger partial charge in [0.25, 0.3) is 10.2 Å². The van der Waals surface area contributed by atoms with Crippen LogP contribution in [0.15, 0.2) is 54.6 Å². The minimum atomic E-state index is -4.46. The summed E-state index contributed by atoms with van der Waals surface area (Å²) in [7, 11) is -4.11. The molecule has 2 aromatic carbocycles. The lowest BCUT2D eigenvalue weighted by molar-refractivity contribution is -0.140. The van der Waals surface area contributed by atoms with Crippen molar-refractivity contribution < 1.29 is 31.5 Å². The number of carboxylic acid groups (broad SMARTS) is 1. The molecule has 1 aliphatic heterocycles. The fraction of sp³-hybridized carbons (Fsp3) is 0.381. The number of hydrogen-bond acceptors (Lipinski definition) is 4. The Balaban J connectivity index is 1.44. The Kier molecular flexibility index (Phi) is 5.68. The number of aliphatic carboxylic acids is 1. The van der Waals surface area contributed by atoms with Crippen LogP contribution in [0.3, 0.4) is 0 Å². The maximum Gasteiger partial charge on any atom is 0.416 e. The number of carbonyl (C=O) groups is 1. The number of nitrogens with zero attached hydrogens (tertiary/aromatic N) is 2. The third kappa shape index (κ3) is 4.32. The van der Waals surface area contributed by atoms with Crippen LogP contribution >= 0.6 is 0 Å². The second-order valence-corrected chi connectivity index (χ2v) is 9.66. The molecule has 0 aromatic heterocycles. The fourth-order valence-corrected chi connectivity index (χ4v) is 5.65. The van der Waals surface area contributed by atoms with Crippen LogP contribution in [0.25, 0.3) is 0 Å². The highest BCUT2D eigenvalue weighted by Gasteiger charge is 2.63. The summed E-state index contributed by atoms with van der Waals surface area (Å²) in [4.78, 5) is 13.6. The number of alkyl halides is 3. The molecule has 0 radical (unpaired) electrons. The van der Waals surface area contributed by atoms with Crippen molar-refractivity contribution in [3.8, 4) is 0 Å². The molecule has 4 rings (SSSR count). The summed E-state index contributed by atoms with van der Waals surface area (Å²) < 4.78 is 68.3. The van der Waals surface area contributed by atoms with E-state index in [1.807, 2.05) is 0 Å². The van der Waals surface area contributed by atoms with Crippen molar-refractivity contribution in [2.75, 3.05) is 31.1 Å². The molecule has 1 saturated carbocycles. The SMILES string of the molecule is O=C(O)C1(NS(=O)(=O)N2CCN(c3cccc(C(F)(F)F)c3)CC2)CC1c1ccccc1. The first kappa shape index (κ1) is 22.6. The van der Waals surface area contributed by atoms with E-state index in [0.717, 1.165) is 22.0 Å². The lowest BCUT2D eigenvalue weighted by Gasteiger charge is -2.36. The zero-order valence-electron chi connectivity index (χ0n) is 16.9. The van der Waals surface area contributed by atoms with Crippen LogP contribution in [0.4, 0.5) is 18.9 Å². The van der Waals surface area contributed by atoms with Crippen molar-refractivity contribution in [1.82, 2.24) is 9.03 Å². The third-order valence-electron chi connectivity index (χ3n) is 5.97. The number of benzene rings is 2. The number of nitrogens with one attached hydrogen (secondary N) is 1. The summed E-state index contributed by atoms with van der Waals surface area (Å²) in [5, 5.41) is 9.73. The van der Waals surface area contributed by atoms with Crippen LogP contribution < -0.4 is 9.62 Å². The van der Waals surface area contributed by atoms with E-state index in [4.69, 9.17) is 0 Å². The Morgan fingerprint density at radius 3 is 2.28 bits per heavy atom. The summed E-state index contributed by atoms with van der Waals surface area (Å²) in [6, 6.07) is 13.7. The lowest BCUT2D eigenvalue weighted by Crippen LogP contribution is -2.56. The second kappa shape index (κ2) is 8.05. The molecule has 0 amide bonds. The molecule has 2 N–H and O–H groups in total. The molecule has 2 aliphatic rings. The van der Waals surface area contributed by atoms with Crippen LogP contribution in [-0.4, -0.2) is 55.5 Å². The van der Waals surface area contributed by atoms with Crippen LogP contribution in [0.1, 0.15) is 23.5 Å². The van der Waals surface area contributed by atoms with Gasteiger partial charge in [0, 0.05) is 37.8 Å². The van der Waals surface area contributed by atoms with Gasteiger partial charge in [-0.1, -0.05) is 36.4 Å². The van der Waals surface area contributed by atoms with Crippen LogP contribution in [0.2, 0.25) is 0 Å². The van der Waals surface area contributed by atoms with Gasteiger partial charge < -0.3 is 10.0 Å². The fourth-order valence-electron chi connectivity index (χ4n) is 4.10. The van der Waals surface area contributed by atoms with E-state index in [-0.39, 0.29) is 32.6 Å². The van der Waals surface area contributed by atoms with E-state index in [0.29, 0.717) is 5.69 Å². The van der Waals surface area contributed by atoms with Gasteiger partial charge in [0.2, 0.25) is 0 Å². The zero-order chi connectivity index (χ0) is 23.1. The summed E-state index contributed by atoms with van der Waals surface area (Å²) >= 11 is 0. The Labute approximate surface area is 183 Å². The van der Waals surface area contributed by atoms with E-state index in [1.54, 1.807) is 41.3 Å². The highest BCUT2D eigenvalue weighted by atomic mass is 32.2. The monoisotopic (exact) mass is 469 g/mol. The van der Waals surface area contributed by atoms with E-state index < -0.39 is 39.4 Å². The van der Waals surface area contributed by atoms with E-state index in [1.165, 1.54) is 6.07 Å². The van der Waals surface area contributed by atoms with Gasteiger partial charge in [-0.3, -0.25) is 4.79 Å². The Bertz CT molecular complexity index is 1100. The smallest absolute Gasteiger partial charge is 0.416 e. The molecule has 0 bridgehead atoms. The molecule has 11 heteroatoms. The van der Waals surface area contributed by atoms with Gasteiger partial charge in [0.05, 0.1) is 5.56 Å². The maximum atomic E-state index is 13.0. The molecule has 1 saturated heterocycles. The van der Waals surface area contributed by atoms with E-state index in [9.17, 15) is 31.5 Å². The van der Waals surface area contributed by atoms with Crippen molar-refractivity contribution in [3.63, 3.8) is 0 Å². The van der Waals surface area contributed by atoms with Gasteiger partial charge >= 0.3 is 12.1 Å². The summed E-state index contributed by atoms with van der Waals surface area (Å²) in [5.74, 6) is -1.71. The standard InChI is InChI=1S/C21H22F3N3O4S/c22-21(23,24)16-7-4-8-17(13-16)26-9-11-27(12-10-26)32(30,31)25-20(19(28)29)14-18(20)15-5-2-1-3-6-15/h1-8,13,18,25H,9-12,14H2,(H,28,29). The topological polar surface area (TPSA) is 89.9 Å². The second-order valence-electron chi connectivity index (χ2n) is 7.99. The number of rotatable bonds is 6. The molecular weight excluding hydrogens is 447 g/mol. The van der Waals surface area contributed by atoms with Crippen molar-refractivity contribution in [3.05, 3.63) is 65.7 Å². The van der Waals surface area contributed by atoms with Gasteiger partial charge in [-0.15, -0.1) is 0 Å². The minimum Gasteiger partial charge on any atom is -0.480 e. The first-order valence-electron chi connectivity index (χ1n) is 10.0. The van der Waals surface area contributed by atoms with E-state index in [2.05, 4.69) is 4.72 Å². The predicted octanol–water partition coefficient (Wildman–Crippen LogP) is 2.67. The number of piperazine rings is 1. The largest absolute Gasteiger partial charge is 0.480 e. The Hall–Kier alpha value is -2.63. The number of anilines is 1. The molecule has 1 aliphatic carbocycles. The van der Waals surface area contributed by atoms with Crippen LogP contribution in [0.5, 0.6) is 0 Å². The maximum absolute atomic E-state index is 13.0. The summed E-state index contributed by atoms with van der Waals surface area (Å²) in [6.07, 6.45) is -4.31. The molecule has 172 valence electrons. The summed E-state index contributed by atoms with van der Waals surface area (Å²) in [6.45, 7) is 0.420. The minimum absolute atomic E-state index is 0.0251. The predicted molar refractivity (Wildman–Crippen MR) is 111 cm³/mol. The average Bonchev–Trinajstić information content (AvgIpc) is 3.49. The van der Waals surface area contributed by atoms with Gasteiger partial charge in [0.15, 0.2) is 0 Å². The number of hydrogen-bond donors (Lipinski definition) is 2. The van der Waals surface area contributed by atoms with Gasteiger partial charge in [-0.2, -0.15) is 30.6 Å². The number of carboxylic acids is 1. The van der Waals surface area contributed by atoms with Gasteiger partial charge in [0.1, 0.15) is 5.54 Å². The molecule has 32 heavy (non-hydrogen) atoms.